The van der Waals surface area contributed by atoms with Crippen LogP contribution >= 0.6 is 0 Å². The van der Waals surface area contributed by atoms with E-state index in [0.29, 0.717) is 0 Å². The smallest absolute Gasteiger partial charge is 0.126 e. The molecule has 4 heteroatoms. The van der Waals surface area contributed by atoms with Gasteiger partial charge in [-0.2, -0.15) is 5.10 Å². The van der Waals surface area contributed by atoms with Crippen molar-refractivity contribution in [2.45, 2.75) is 20.4 Å². The van der Waals surface area contributed by atoms with Crippen LogP contribution in [-0.2, 0) is 13.6 Å². The zero-order chi connectivity index (χ0) is 11.5. The van der Waals surface area contributed by atoms with Crippen LogP contribution in [0.4, 0.5) is 5.82 Å². The van der Waals surface area contributed by atoms with E-state index < -0.39 is 0 Å². The van der Waals surface area contributed by atoms with Gasteiger partial charge in [-0.3, -0.25) is 4.68 Å². The van der Waals surface area contributed by atoms with Crippen LogP contribution in [0, 0.1) is 13.8 Å². The highest BCUT2D eigenvalue weighted by atomic mass is 15.3. The quantitative estimate of drug-likeness (QED) is 0.853. The van der Waals surface area contributed by atoms with E-state index in [4.69, 9.17) is 0 Å². The summed E-state index contributed by atoms with van der Waals surface area (Å²) in [6, 6.07) is 5.96. The molecule has 0 aliphatic rings. The topological polar surface area (TPSA) is 42.7 Å². The highest BCUT2D eigenvalue weighted by Crippen LogP contribution is 2.09. The summed E-state index contributed by atoms with van der Waals surface area (Å²) in [4.78, 5) is 4.39. The molecular formula is C12H16N4. The van der Waals surface area contributed by atoms with Gasteiger partial charge in [-0.05, 0) is 26.0 Å². The summed E-state index contributed by atoms with van der Waals surface area (Å²) in [6.45, 7) is 4.81. The molecule has 84 valence electrons. The maximum absolute atomic E-state index is 4.39. The molecule has 0 unspecified atom stereocenters. The number of rotatable bonds is 3. The van der Waals surface area contributed by atoms with Crippen molar-refractivity contribution >= 4 is 5.82 Å². The summed E-state index contributed by atoms with van der Waals surface area (Å²) in [5.74, 6) is 0.906. The molecule has 0 saturated carbocycles. The Bertz CT molecular complexity index is 488. The number of nitrogens with one attached hydrogen (secondary N) is 1. The van der Waals surface area contributed by atoms with E-state index in [1.807, 2.05) is 43.0 Å². The highest BCUT2D eigenvalue weighted by Gasteiger charge is 2.03. The first-order chi connectivity index (χ1) is 7.66. The summed E-state index contributed by atoms with van der Waals surface area (Å²) in [5, 5.41) is 7.49. The lowest BCUT2D eigenvalue weighted by molar-refractivity contribution is 0.738. The molecule has 0 amide bonds. The second kappa shape index (κ2) is 4.35. The number of aromatic nitrogens is 3. The minimum atomic E-state index is 0.760. The molecule has 1 N–H and O–H groups in total. The molecule has 2 aromatic heterocycles. The molecule has 0 aromatic carbocycles. The Morgan fingerprint density at radius 3 is 2.75 bits per heavy atom. The number of aryl methyl sites for hydroxylation is 2. The minimum absolute atomic E-state index is 0.760. The van der Waals surface area contributed by atoms with Crippen LogP contribution in [-0.4, -0.2) is 14.8 Å². The maximum Gasteiger partial charge on any atom is 0.126 e. The van der Waals surface area contributed by atoms with E-state index >= 15 is 0 Å². The Labute approximate surface area is 95.3 Å². The number of hydrogen-bond acceptors (Lipinski definition) is 3. The summed E-state index contributed by atoms with van der Waals surface area (Å²) in [7, 11) is 1.95. The average Bonchev–Trinajstić information content (AvgIpc) is 2.57. The van der Waals surface area contributed by atoms with Gasteiger partial charge in [0, 0.05) is 30.5 Å². The van der Waals surface area contributed by atoms with Gasteiger partial charge in [-0.15, -0.1) is 0 Å². The molecule has 0 radical (unpaired) electrons. The predicted molar refractivity (Wildman–Crippen MR) is 64.2 cm³/mol. The molecule has 16 heavy (non-hydrogen) atoms. The van der Waals surface area contributed by atoms with Crippen LogP contribution in [0.3, 0.4) is 0 Å². The van der Waals surface area contributed by atoms with Crippen LogP contribution in [0.5, 0.6) is 0 Å². The van der Waals surface area contributed by atoms with Crippen molar-refractivity contribution in [1.82, 2.24) is 14.8 Å². The maximum atomic E-state index is 4.39. The lowest BCUT2D eigenvalue weighted by atomic mass is 10.2. The first-order valence-corrected chi connectivity index (χ1v) is 5.32. The third kappa shape index (κ3) is 2.21. The summed E-state index contributed by atoms with van der Waals surface area (Å²) in [5.41, 5.74) is 3.40. The van der Waals surface area contributed by atoms with Crippen LogP contribution in [0.25, 0.3) is 0 Å². The van der Waals surface area contributed by atoms with Gasteiger partial charge in [0.15, 0.2) is 0 Å². The molecule has 4 nitrogen and oxygen atoms in total. The molecule has 0 spiro atoms. The first-order valence-electron chi connectivity index (χ1n) is 5.32. The Morgan fingerprint density at radius 1 is 1.31 bits per heavy atom. The Morgan fingerprint density at radius 2 is 2.12 bits per heavy atom. The minimum Gasteiger partial charge on any atom is -0.366 e. The van der Waals surface area contributed by atoms with Gasteiger partial charge < -0.3 is 5.32 Å². The van der Waals surface area contributed by atoms with Gasteiger partial charge in [0.1, 0.15) is 5.82 Å². The van der Waals surface area contributed by atoms with Crippen molar-refractivity contribution in [2.75, 3.05) is 5.32 Å². The van der Waals surface area contributed by atoms with Gasteiger partial charge in [0.05, 0.1) is 6.20 Å². The number of anilines is 1. The molecule has 2 rings (SSSR count). The Balaban J connectivity index is 2.05. The van der Waals surface area contributed by atoms with Crippen molar-refractivity contribution in [3.05, 3.63) is 41.3 Å². The lowest BCUT2D eigenvalue weighted by Gasteiger charge is -2.05. The van der Waals surface area contributed by atoms with E-state index in [-0.39, 0.29) is 0 Å². The molecule has 0 atom stereocenters. The molecule has 0 saturated heterocycles. The summed E-state index contributed by atoms with van der Waals surface area (Å²) >= 11 is 0. The lowest BCUT2D eigenvalue weighted by Crippen LogP contribution is -2.03. The van der Waals surface area contributed by atoms with Gasteiger partial charge in [-0.25, -0.2) is 4.98 Å². The average molecular weight is 216 g/mol. The largest absolute Gasteiger partial charge is 0.366 e. The molecule has 0 fully saturated rings. The zero-order valence-electron chi connectivity index (χ0n) is 9.86. The molecule has 2 heterocycles. The van der Waals surface area contributed by atoms with Gasteiger partial charge >= 0.3 is 0 Å². The predicted octanol–water partition coefficient (Wildman–Crippen LogP) is 2.04. The highest BCUT2D eigenvalue weighted by molar-refractivity contribution is 5.36. The normalized spacial score (nSPS) is 10.4. The molecule has 0 bridgehead atoms. The van der Waals surface area contributed by atoms with Crippen LogP contribution < -0.4 is 5.32 Å². The molecule has 0 aliphatic heterocycles. The molecular weight excluding hydrogens is 200 g/mol. The fourth-order valence-electron chi connectivity index (χ4n) is 1.54. The zero-order valence-corrected chi connectivity index (χ0v) is 9.86. The van der Waals surface area contributed by atoms with Gasteiger partial charge in [0.2, 0.25) is 0 Å². The molecule has 2 aromatic rings. The van der Waals surface area contributed by atoms with E-state index in [1.54, 1.807) is 0 Å². The van der Waals surface area contributed by atoms with Crippen LogP contribution in [0.2, 0.25) is 0 Å². The molecule has 0 aliphatic carbocycles. The SMILES string of the molecule is Cc1cccc(NCc2cnn(C)c2C)n1. The second-order valence-corrected chi connectivity index (χ2v) is 3.90. The fraction of sp³-hybridized carbons (Fsp3) is 0.333. The Kier molecular flexibility index (Phi) is 2.90. The van der Waals surface area contributed by atoms with Crippen LogP contribution in [0.15, 0.2) is 24.4 Å². The van der Waals surface area contributed by atoms with Gasteiger partial charge in [-0.1, -0.05) is 6.07 Å². The van der Waals surface area contributed by atoms with Crippen molar-refractivity contribution in [3.8, 4) is 0 Å². The monoisotopic (exact) mass is 216 g/mol. The van der Waals surface area contributed by atoms with E-state index in [9.17, 15) is 0 Å². The number of pyridine rings is 1. The second-order valence-electron chi connectivity index (χ2n) is 3.90. The van der Waals surface area contributed by atoms with Gasteiger partial charge in [0.25, 0.3) is 0 Å². The van der Waals surface area contributed by atoms with Crippen molar-refractivity contribution < 1.29 is 0 Å². The number of nitrogens with zero attached hydrogens (tertiary/aromatic N) is 3. The number of hydrogen-bond donors (Lipinski definition) is 1. The van der Waals surface area contributed by atoms with Crippen LogP contribution in [0.1, 0.15) is 17.0 Å². The fourth-order valence-corrected chi connectivity index (χ4v) is 1.54. The Hall–Kier alpha value is -1.84. The third-order valence-electron chi connectivity index (χ3n) is 2.69. The standard InChI is InChI=1S/C12H16N4/c1-9-5-4-6-12(15-9)13-7-11-8-14-16(3)10(11)2/h4-6,8H,7H2,1-3H3,(H,13,15). The summed E-state index contributed by atoms with van der Waals surface area (Å²) < 4.78 is 1.88. The van der Waals surface area contributed by atoms with E-state index in [2.05, 4.69) is 22.3 Å². The third-order valence-corrected chi connectivity index (χ3v) is 2.69. The van der Waals surface area contributed by atoms with Crippen molar-refractivity contribution in [2.24, 2.45) is 7.05 Å². The summed E-state index contributed by atoms with van der Waals surface area (Å²) in [6.07, 6.45) is 1.89. The van der Waals surface area contributed by atoms with Crippen molar-refractivity contribution in [3.63, 3.8) is 0 Å². The first kappa shape index (κ1) is 10.7. The van der Waals surface area contributed by atoms with E-state index in [0.717, 1.165) is 18.1 Å². The van der Waals surface area contributed by atoms with Crippen molar-refractivity contribution in [1.29, 1.82) is 0 Å². The van der Waals surface area contributed by atoms with E-state index in [1.165, 1.54) is 11.3 Å².